The van der Waals surface area contributed by atoms with Gasteiger partial charge in [-0.1, -0.05) is 12.1 Å². The van der Waals surface area contributed by atoms with Crippen LogP contribution in [0.1, 0.15) is 5.56 Å². The molecule has 0 saturated heterocycles. The summed E-state index contributed by atoms with van der Waals surface area (Å²) in [5.41, 5.74) is 2.90. The summed E-state index contributed by atoms with van der Waals surface area (Å²) in [4.78, 5) is 9.02. The normalized spacial score (nSPS) is 10.8. The van der Waals surface area contributed by atoms with E-state index in [-0.39, 0.29) is 0 Å². The van der Waals surface area contributed by atoms with Crippen LogP contribution < -0.4 is 16.2 Å². The Bertz CT molecular complexity index is 1030. The van der Waals surface area contributed by atoms with Crippen LogP contribution in [0.25, 0.3) is 16.7 Å². The van der Waals surface area contributed by atoms with Crippen molar-refractivity contribution in [3.63, 3.8) is 0 Å². The molecule has 26 heavy (non-hydrogen) atoms. The van der Waals surface area contributed by atoms with Crippen molar-refractivity contribution < 1.29 is 0 Å². The van der Waals surface area contributed by atoms with Gasteiger partial charge in [-0.15, -0.1) is 0 Å². The molecule has 0 amide bonds. The number of hydrogen-bond donors (Lipinski definition) is 2. The standard InChI is InChI=1S/C19H19N7/c1-21-17-7-8-18(26-11-3-10-23-26)24-19(17)25(20)13-14-5-6-16-15(12-14)4-2-9-22-16/h2-12,21H,13,20H2,1H3. The van der Waals surface area contributed by atoms with E-state index in [1.54, 1.807) is 22.1 Å². The van der Waals surface area contributed by atoms with Gasteiger partial charge in [0.2, 0.25) is 0 Å². The summed E-state index contributed by atoms with van der Waals surface area (Å²) in [6.45, 7) is 0.523. The van der Waals surface area contributed by atoms with E-state index in [1.165, 1.54) is 0 Å². The summed E-state index contributed by atoms with van der Waals surface area (Å²) in [5.74, 6) is 7.72. The second-order valence-corrected chi connectivity index (χ2v) is 5.90. The Morgan fingerprint density at radius 3 is 2.85 bits per heavy atom. The Kier molecular flexibility index (Phi) is 4.20. The topological polar surface area (TPSA) is 84.9 Å². The van der Waals surface area contributed by atoms with Crippen LogP contribution in [-0.4, -0.2) is 26.8 Å². The van der Waals surface area contributed by atoms with Crippen molar-refractivity contribution in [1.29, 1.82) is 0 Å². The average molecular weight is 345 g/mol. The molecule has 7 heteroatoms. The van der Waals surface area contributed by atoms with Crippen LogP contribution in [0.5, 0.6) is 0 Å². The van der Waals surface area contributed by atoms with Crippen LogP contribution in [0.15, 0.2) is 67.1 Å². The molecule has 0 aliphatic rings. The van der Waals surface area contributed by atoms with Gasteiger partial charge in [0.15, 0.2) is 11.6 Å². The molecular weight excluding hydrogens is 326 g/mol. The zero-order valence-corrected chi connectivity index (χ0v) is 14.4. The minimum Gasteiger partial charge on any atom is -0.385 e. The lowest BCUT2D eigenvalue weighted by atomic mass is 10.1. The van der Waals surface area contributed by atoms with Gasteiger partial charge in [0.1, 0.15) is 0 Å². The fourth-order valence-electron chi connectivity index (χ4n) is 2.88. The highest BCUT2D eigenvalue weighted by Crippen LogP contribution is 2.24. The molecule has 0 radical (unpaired) electrons. The van der Waals surface area contributed by atoms with E-state index in [9.17, 15) is 0 Å². The molecule has 0 fully saturated rings. The van der Waals surface area contributed by atoms with Crippen molar-refractivity contribution in [2.75, 3.05) is 17.4 Å². The number of nitrogens with one attached hydrogen (secondary N) is 1. The largest absolute Gasteiger partial charge is 0.385 e. The van der Waals surface area contributed by atoms with E-state index < -0.39 is 0 Å². The predicted octanol–water partition coefficient (Wildman–Crippen LogP) is 2.74. The van der Waals surface area contributed by atoms with E-state index in [0.29, 0.717) is 18.2 Å². The van der Waals surface area contributed by atoms with Crippen molar-refractivity contribution in [3.05, 3.63) is 72.7 Å². The summed E-state index contributed by atoms with van der Waals surface area (Å²) in [6, 6.07) is 15.8. The van der Waals surface area contributed by atoms with Crippen LogP contribution >= 0.6 is 0 Å². The Balaban J connectivity index is 1.65. The number of nitrogens with zero attached hydrogens (tertiary/aromatic N) is 5. The maximum absolute atomic E-state index is 6.36. The summed E-state index contributed by atoms with van der Waals surface area (Å²) < 4.78 is 1.71. The van der Waals surface area contributed by atoms with Gasteiger partial charge in [0.25, 0.3) is 0 Å². The number of fused-ring (bicyclic) bond motifs is 1. The SMILES string of the molecule is CNc1ccc(-n2cccn2)nc1N(N)Cc1ccc2ncccc2c1. The van der Waals surface area contributed by atoms with E-state index in [0.717, 1.165) is 22.2 Å². The Morgan fingerprint density at radius 2 is 2.04 bits per heavy atom. The Labute approximate surface area is 151 Å². The number of hydrogen-bond acceptors (Lipinski definition) is 6. The first kappa shape index (κ1) is 16.0. The molecule has 0 saturated carbocycles. The molecule has 0 bridgehead atoms. The molecular formula is C19H19N7. The molecule has 0 aliphatic heterocycles. The van der Waals surface area contributed by atoms with Crippen LogP contribution in [0, 0.1) is 0 Å². The molecule has 0 spiro atoms. The van der Waals surface area contributed by atoms with Gasteiger partial charge >= 0.3 is 0 Å². The Hall–Kier alpha value is -3.45. The lowest BCUT2D eigenvalue weighted by Crippen LogP contribution is -2.32. The van der Waals surface area contributed by atoms with Crippen molar-refractivity contribution in [2.24, 2.45) is 5.84 Å². The zero-order valence-electron chi connectivity index (χ0n) is 14.4. The molecule has 3 N–H and O–H groups in total. The van der Waals surface area contributed by atoms with Gasteiger partial charge in [-0.05, 0) is 42.0 Å². The number of hydrazine groups is 1. The van der Waals surface area contributed by atoms with Gasteiger partial charge in [-0.3, -0.25) is 9.99 Å². The zero-order chi connectivity index (χ0) is 17.9. The fourth-order valence-corrected chi connectivity index (χ4v) is 2.88. The minimum absolute atomic E-state index is 0.523. The molecule has 3 aromatic heterocycles. The lowest BCUT2D eigenvalue weighted by molar-refractivity contribution is 0.805. The lowest BCUT2D eigenvalue weighted by Gasteiger charge is -2.21. The van der Waals surface area contributed by atoms with Crippen molar-refractivity contribution >= 4 is 22.4 Å². The first-order chi connectivity index (χ1) is 12.7. The second kappa shape index (κ2) is 6.81. The van der Waals surface area contributed by atoms with E-state index >= 15 is 0 Å². The third-order valence-electron chi connectivity index (χ3n) is 4.16. The van der Waals surface area contributed by atoms with Gasteiger partial charge in [0, 0.05) is 31.0 Å². The first-order valence-electron chi connectivity index (χ1n) is 8.29. The highest BCUT2D eigenvalue weighted by molar-refractivity contribution is 5.79. The molecule has 130 valence electrons. The summed E-state index contributed by atoms with van der Waals surface area (Å²) >= 11 is 0. The van der Waals surface area contributed by atoms with Gasteiger partial charge < -0.3 is 5.32 Å². The number of rotatable bonds is 5. The maximum atomic E-state index is 6.36. The first-order valence-corrected chi connectivity index (χ1v) is 8.29. The molecule has 4 rings (SSSR count). The second-order valence-electron chi connectivity index (χ2n) is 5.90. The van der Waals surface area contributed by atoms with Crippen molar-refractivity contribution in [1.82, 2.24) is 19.7 Å². The average Bonchev–Trinajstić information content (AvgIpc) is 3.22. The van der Waals surface area contributed by atoms with Gasteiger partial charge in [0.05, 0.1) is 17.7 Å². The monoisotopic (exact) mass is 345 g/mol. The third kappa shape index (κ3) is 3.07. The van der Waals surface area contributed by atoms with Crippen molar-refractivity contribution in [3.8, 4) is 5.82 Å². The number of pyridine rings is 2. The molecule has 3 heterocycles. The van der Waals surface area contributed by atoms with E-state index in [4.69, 9.17) is 5.84 Å². The van der Waals surface area contributed by atoms with E-state index in [1.807, 2.05) is 55.7 Å². The van der Waals surface area contributed by atoms with Crippen LogP contribution in [-0.2, 0) is 6.54 Å². The molecule has 0 aliphatic carbocycles. The van der Waals surface area contributed by atoms with Gasteiger partial charge in [-0.2, -0.15) is 5.10 Å². The maximum Gasteiger partial charge on any atom is 0.168 e. The summed E-state index contributed by atoms with van der Waals surface area (Å²) in [7, 11) is 1.85. The molecule has 4 aromatic rings. The highest BCUT2D eigenvalue weighted by Gasteiger charge is 2.12. The number of anilines is 2. The van der Waals surface area contributed by atoms with Crippen molar-refractivity contribution in [2.45, 2.75) is 6.54 Å². The summed E-state index contributed by atoms with van der Waals surface area (Å²) in [5, 5.41) is 10.1. The van der Waals surface area contributed by atoms with Crippen LogP contribution in [0.4, 0.5) is 11.5 Å². The van der Waals surface area contributed by atoms with E-state index in [2.05, 4.69) is 26.4 Å². The molecule has 0 unspecified atom stereocenters. The van der Waals surface area contributed by atoms with Crippen LogP contribution in [0.2, 0.25) is 0 Å². The quantitative estimate of drug-likeness (QED) is 0.427. The molecule has 0 atom stereocenters. The van der Waals surface area contributed by atoms with Crippen LogP contribution in [0.3, 0.4) is 0 Å². The summed E-state index contributed by atoms with van der Waals surface area (Å²) in [6.07, 6.45) is 5.36. The third-order valence-corrected chi connectivity index (χ3v) is 4.16. The number of nitrogens with two attached hydrogens (primary N) is 1. The molecule has 7 nitrogen and oxygen atoms in total. The minimum atomic E-state index is 0.523. The Morgan fingerprint density at radius 1 is 1.12 bits per heavy atom. The number of benzene rings is 1. The molecule has 1 aromatic carbocycles. The smallest absolute Gasteiger partial charge is 0.168 e. The highest BCUT2D eigenvalue weighted by atomic mass is 15.4. The van der Waals surface area contributed by atoms with Gasteiger partial charge in [-0.25, -0.2) is 15.5 Å². The fraction of sp³-hybridized carbons (Fsp3) is 0.105. The number of aromatic nitrogens is 4. The predicted molar refractivity (Wildman–Crippen MR) is 103 cm³/mol.